The van der Waals surface area contributed by atoms with Crippen LogP contribution in [0.15, 0.2) is 65.6 Å². The van der Waals surface area contributed by atoms with Crippen LogP contribution in [-0.2, 0) is 0 Å². The van der Waals surface area contributed by atoms with Gasteiger partial charge in [-0.15, -0.1) is 11.3 Å². The third-order valence-electron chi connectivity index (χ3n) is 6.78. The fourth-order valence-corrected chi connectivity index (χ4v) is 5.47. The quantitative estimate of drug-likeness (QED) is 0.466. The van der Waals surface area contributed by atoms with E-state index in [0.29, 0.717) is 30.9 Å². The molecule has 4 aromatic rings. The normalized spacial score (nSPS) is 18.4. The number of rotatable bonds is 5. The van der Waals surface area contributed by atoms with Crippen LogP contribution in [0.5, 0.6) is 0 Å². The van der Waals surface area contributed by atoms with Crippen LogP contribution >= 0.6 is 11.3 Å². The van der Waals surface area contributed by atoms with E-state index >= 15 is 0 Å². The lowest BCUT2D eigenvalue weighted by molar-refractivity contribution is 0.0553. The highest BCUT2D eigenvalue weighted by Gasteiger charge is 2.35. The summed E-state index contributed by atoms with van der Waals surface area (Å²) >= 11 is 1.44. The number of likely N-dealkylation sites (tertiary alicyclic amines) is 2. The molecule has 1 unspecified atom stereocenters. The van der Waals surface area contributed by atoms with Gasteiger partial charge in [0, 0.05) is 71.9 Å². The Morgan fingerprint density at radius 3 is 2.62 bits per heavy atom. The van der Waals surface area contributed by atoms with Crippen LogP contribution in [-0.4, -0.2) is 69.8 Å². The molecular formula is C26H25N5O2S. The monoisotopic (exact) mass is 471 g/mol. The highest BCUT2D eigenvalue weighted by atomic mass is 32.1. The smallest absolute Gasteiger partial charge is 0.273 e. The predicted molar refractivity (Wildman–Crippen MR) is 133 cm³/mol. The first-order chi connectivity index (χ1) is 16.7. The summed E-state index contributed by atoms with van der Waals surface area (Å²) in [5.74, 6) is 0.0636. The van der Waals surface area contributed by atoms with E-state index in [-0.39, 0.29) is 23.9 Å². The lowest BCUT2D eigenvalue weighted by Crippen LogP contribution is -2.62. The molecule has 7 nitrogen and oxygen atoms in total. The van der Waals surface area contributed by atoms with Crippen molar-refractivity contribution in [3.63, 3.8) is 0 Å². The molecule has 2 aliphatic rings. The van der Waals surface area contributed by atoms with Gasteiger partial charge in [0.15, 0.2) is 0 Å². The van der Waals surface area contributed by atoms with Crippen LogP contribution in [0, 0.1) is 0 Å². The van der Waals surface area contributed by atoms with Gasteiger partial charge in [0.2, 0.25) is 0 Å². The average Bonchev–Trinajstić information content (AvgIpc) is 3.61. The number of hydrogen-bond donors (Lipinski definition) is 2. The first-order valence-corrected chi connectivity index (χ1v) is 12.5. The molecule has 2 saturated heterocycles. The number of carbonyl (C=O) groups excluding carboxylic acids is 2. The number of nitrogens with one attached hydrogen (secondary N) is 2. The van der Waals surface area contributed by atoms with Gasteiger partial charge in [-0.2, -0.15) is 0 Å². The number of carbonyl (C=O) groups is 2. The van der Waals surface area contributed by atoms with Gasteiger partial charge in [-0.1, -0.05) is 36.4 Å². The number of nitrogens with zero attached hydrogens (tertiary/aromatic N) is 3. The second-order valence-electron chi connectivity index (χ2n) is 9.01. The Morgan fingerprint density at radius 2 is 1.82 bits per heavy atom. The van der Waals surface area contributed by atoms with Gasteiger partial charge >= 0.3 is 0 Å². The molecule has 2 aliphatic heterocycles. The fourth-order valence-electron chi connectivity index (χ4n) is 4.94. The van der Waals surface area contributed by atoms with Gasteiger partial charge in [0.1, 0.15) is 5.69 Å². The van der Waals surface area contributed by atoms with Gasteiger partial charge in [-0.3, -0.25) is 9.59 Å². The minimum absolute atomic E-state index is 0.00564. The molecule has 2 aromatic heterocycles. The second kappa shape index (κ2) is 8.70. The number of hydrogen-bond acceptors (Lipinski definition) is 5. The number of aromatic amines is 1. The van der Waals surface area contributed by atoms with Crippen LogP contribution in [0.1, 0.15) is 27.3 Å². The zero-order chi connectivity index (χ0) is 23.1. The number of aromatic nitrogens is 2. The maximum absolute atomic E-state index is 13.0. The lowest BCUT2D eigenvalue weighted by Gasteiger charge is -2.41. The predicted octanol–water partition coefficient (Wildman–Crippen LogP) is 3.62. The molecule has 0 spiro atoms. The maximum atomic E-state index is 13.0. The summed E-state index contributed by atoms with van der Waals surface area (Å²) in [7, 11) is 0. The van der Waals surface area contributed by atoms with Crippen LogP contribution in [0.4, 0.5) is 0 Å². The Bertz CT molecular complexity index is 1330. The minimum atomic E-state index is 0.00564. The van der Waals surface area contributed by atoms with Crippen molar-refractivity contribution < 1.29 is 9.59 Å². The molecule has 0 saturated carbocycles. The molecule has 8 heteroatoms. The Morgan fingerprint density at radius 1 is 1.00 bits per heavy atom. The van der Waals surface area contributed by atoms with Gasteiger partial charge in [0.05, 0.1) is 5.51 Å². The van der Waals surface area contributed by atoms with E-state index in [1.807, 2.05) is 52.4 Å². The lowest BCUT2D eigenvalue weighted by atomic mass is 10.0. The molecule has 2 aromatic carbocycles. The van der Waals surface area contributed by atoms with Crippen LogP contribution in [0.3, 0.4) is 0 Å². The van der Waals surface area contributed by atoms with E-state index in [0.717, 1.165) is 35.0 Å². The molecule has 0 aliphatic carbocycles. The van der Waals surface area contributed by atoms with Crippen molar-refractivity contribution in [2.75, 3.05) is 26.2 Å². The van der Waals surface area contributed by atoms with Crippen molar-refractivity contribution in [1.82, 2.24) is 25.1 Å². The number of fused-ring (bicyclic) bond motifs is 1. The summed E-state index contributed by atoms with van der Waals surface area (Å²) in [6.07, 6.45) is 2.93. The number of amides is 2. The summed E-state index contributed by atoms with van der Waals surface area (Å²) in [6.45, 7) is 2.80. The van der Waals surface area contributed by atoms with E-state index in [1.165, 1.54) is 11.3 Å². The fraction of sp³-hybridized carbons (Fsp3) is 0.269. The topological polar surface area (TPSA) is 81.3 Å². The number of benzene rings is 2. The molecule has 0 bridgehead atoms. The number of H-pyrrole nitrogens is 1. The van der Waals surface area contributed by atoms with Crippen molar-refractivity contribution in [3.05, 3.63) is 76.9 Å². The van der Waals surface area contributed by atoms with E-state index in [1.54, 1.807) is 10.9 Å². The first kappa shape index (κ1) is 21.1. The second-order valence-corrected chi connectivity index (χ2v) is 9.73. The summed E-state index contributed by atoms with van der Waals surface area (Å²) < 4.78 is 0. The Hall–Kier alpha value is -3.49. The molecule has 2 N–H and O–H groups in total. The van der Waals surface area contributed by atoms with Crippen molar-refractivity contribution in [2.45, 2.75) is 18.5 Å². The van der Waals surface area contributed by atoms with Gasteiger partial charge in [0.25, 0.3) is 11.8 Å². The van der Waals surface area contributed by atoms with Gasteiger partial charge in [-0.05, 0) is 24.1 Å². The summed E-state index contributed by atoms with van der Waals surface area (Å²) in [5.41, 5.74) is 6.18. The standard InChI is InChI=1S/C26H25N5O2S/c32-25(18-6-7-21-22(11-27-23(21)10-18)17-4-2-1-3-5-17)31-13-20(14-31)29-19-8-9-30(12-19)26(33)24-15-34-16-28-24/h1-7,10-11,15-16,19-20,27,29H,8-9,12-14H2. The van der Waals surface area contributed by atoms with Crippen molar-refractivity contribution in [1.29, 1.82) is 0 Å². The largest absolute Gasteiger partial charge is 0.361 e. The Kier molecular flexibility index (Phi) is 5.39. The SMILES string of the molecule is O=C(c1ccc2c(-c3ccccc3)c[nH]c2c1)N1CC(NC2CCN(C(=O)c3cscn3)C2)C1. The zero-order valence-electron chi connectivity index (χ0n) is 18.6. The summed E-state index contributed by atoms with van der Waals surface area (Å²) in [5, 5.41) is 6.53. The average molecular weight is 472 g/mol. The van der Waals surface area contributed by atoms with Crippen LogP contribution in [0.2, 0.25) is 0 Å². The zero-order valence-corrected chi connectivity index (χ0v) is 19.4. The molecule has 0 radical (unpaired) electrons. The summed E-state index contributed by atoms with van der Waals surface area (Å²) in [4.78, 5) is 36.7. The van der Waals surface area contributed by atoms with Crippen molar-refractivity contribution in [2.24, 2.45) is 0 Å². The molecule has 172 valence electrons. The van der Waals surface area contributed by atoms with Crippen molar-refractivity contribution in [3.8, 4) is 11.1 Å². The molecule has 6 rings (SSSR count). The van der Waals surface area contributed by atoms with Crippen LogP contribution < -0.4 is 5.32 Å². The molecule has 1 atom stereocenters. The third-order valence-corrected chi connectivity index (χ3v) is 7.37. The third kappa shape index (κ3) is 3.89. The molecule has 2 amide bonds. The minimum Gasteiger partial charge on any atom is -0.361 e. The van der Waals surface area contributed by atoms with E-state index in [4.69, 9.17) is 0 Å². The van der Waals surface area contributed by atoms with Gasteiger partial charge in [-0.25, -0.2) is 4.98 Å². The number of thiazole rings is 1. The Balaban J connectivity index is 1.05. The highest BCUT2D eigenvalue weighted by molar-refractivity contribution is 7.07. The molecule has 34 heavy (non-hydrogen) atoms. The molecule has 2 fully saturated rings. The molecule has 4 heterocycles. The van der Waals surface area contributed by atoms with E-state index in [9.17, 15) is 9.59 Å². The first-order valence-electron chi connectivity index (χ1n) is 11.5. The van der Waals surface area contributed by atoms with Gasteiger partial charge < -0.3 is 20.1 Å². The van der Waals surface area contributed by atoms with Crippen LogP contribution in [0.25, 0.3) is 22.0 Å². The molecular weight excluding hydrogens is 446 g/mol. The summed E-state index contributed by atoms with van der Waals surface area (Å²) in [6, 6.07) is 16.7. The van der Waals surface area contributed by atoms with E-state index in [2.05, 4.69) is 27.4 Å². The Labute approximate surface area is 201 Å². The maximum Gasteiger partial charge on any atom is 0.273 e. The van der Waals surface area contributed by atoms with Crippen molar-refractivity contribution >= 4 is 34.1 Å². The van der Waals surface area contributed by atoms with E-state index < -0.39 is 0 Å². The highest BCUT2D eigenvalue weighted by Crippen LogP contribution is 2.29.